The molecule has 0 saturated carbocycles. The Balaban J connectivity index is 2.55. The van der Waals surface area contributed by atoms with E-state index in [1.807, 2.05) is 6.07 Å². The molecule has 0 spiro atoms. The zero-order chi connectivity index (χ0) is 13.5. The van der Waals surface area contributed by atoms with E-state index in [1.165, 1.54) is 0 Å². The van der Waals surface area contributed by atoms with Crippen LogP contribution in [0.5, 0.6) is 5.75 Å². The zero-order valence-electron chi connectivity index (χ0n) is 10.4. The van der Waals surface area contributed by atoms with Gasteiger partial charge in [0.15, 0.2) is 0 Å². The van der Waals surface area contributed by atoms with Crippen molar-refractivity contribution in [2.45, 2.75) is 20.0 Å². The van der Waals surface area contributed by atoms with Crippen molar-refractivity contribution in [3.63, 3.8) is 0 Å². The Bertz CT molecular complexity index is 474. The molecule has 0 aromatic heterocycles. The first-order valence-corrected chi connectivity index (χ1v) is 8.17. The van der Waals surface area contributed by atoms with Gasteiger partial charge in [-0.05, 0) is 31.6 Å². The van der Waals surface area contributed by atoms with Crippen molar-refractivity contribution in [3.05, 3.63) is 29.8 Å². The molecule has 2 amide bonds. The molecule has 0 radical (unpaired) electrons. The first-order chi connectivity index (χ1) is 8.49. The lowest BCUT2D eigenvalue weighted by Crippen LogP contribution is -2.12. The molecule has 6 nitrogen and oxygen atoms in total. The number of hydrogen-bond acceptors (Lipinski definition) is 4. The molecule has 1 aromatic rings. The van der Waals surface area contributed by atoms with Gasteiger partial charge in [-0.1, -0.05) is 28.4 Å². The van der Waals surface area contributed by atoms with Crippen LogP contribution >= 0.6 is 0 Å². The summed E-state index contributed by atoms with van der Waals surface area (Å²) >= 11 is 0. The maximum Gasteiger partial charge on any atom is 0.458 e. The van der Waals surface area contributed by atoms with E-state index in [2.05, 4.69) is 10.2 Å². The van der Waals surface area contributed by atoms with E-state index < -0.39 is 21.2 Å². The SMILES string of the molecule is Cc1ccccc1OC(=O)N=NC(=O)O[SiH](C)C. The molecule has 0 aliphatic rings. The Morgan fingerprint density at radius 3 is 2.33 bits per heavy atom. The Kier molecular flexibility index (Phi) is 5.19. The van der Waals surface area contributed by atoms with Crippen molar-refractivity contribution in [3.8, 4) is 5.75 Å². The number of azo groups is 1. The van der Waals surface area contributed by atoms with Crippen LogP contribution < -0.4 is 4.74 Å². The summed E-state index contributed by atoms with van der Waals surface area (Å²) in [6.45, 7) is 5.40. The zero-order valence-corrected chi connectivity index (χ0v) is 11.6. The third kappa shape index (κ3) is 4.87. The Morgan fingerprint density at radius 1 is 1.11 bits per heavy atom. The van der Waals surface area contributed by atoms with Crippen LogP contribution in [0.2, 0.25) is 13.1 Å². The van der Waals surface area contributed by atoms with Gasteiger partial charge in [-0.3, -0.25) is 0 Å². The molecule has 0 N–H and O–H groups in total. The Hall–Kier alpha value is -2.02. The van der Waals surface area contributed by atoms with Crippen molar-refractivity contribution in [1.82, 2.24) is 0 Å². The van der Waals surface area contributed by atoms with Gasteiger partial charge in [-0.25, -0.2) is 9.59 Å². The van der Waals surface area contributed by atoms with E-state index in [-0.39, 0.29) is 0 Å². The average molecular weight is 266 g/mol. The van der Waals surface area contributed by atoms with E-state index in [0.717, 1.165) is 5.56 Å². The number of para-hydroxylation sites is 1. The molecule has 96 valence electrons. The lowest BCUT2D eigenvalue weighted by atomic mass is 10.2. The molecule has 0 bridgehead atoms. The molecule has 0 saturated heterocycles. The fourth-order valence-corrected chi connectivity index (χ4v) is 1.54. The van der Waals surface area contributed by atoms with Crippen molar-refractivity contribution in [2.24, 2.45) is 10.2 Å². The van der Waals surface area contributed by atoms with Gasteiger partial charge in [-0.15, -0.1) is 0 Å². The lowest BCUT2D eigenvalue weighted by molar-refractivity contribution is 0.200. The summed E-state index contributed by atoms with van der Waals surface area (Å²) in [7, 11) is -1.52. The Morgan fingerprint density at radius 2 is 1.72 bits per heavy atom. The van der Waals surface area contributed by atoms with E-state index in [0.29, 0.717) is 5.75 Å². The number of aryl methyl sites for hydroxylation is 1. The number of hydrogen-bond donors (Lipinski definition) is 0. The van der Waals surface area contributed by atoms with Gasteiger partial charge in [-0.2, -0.15) is 0 Å². The van der Waals surface area contributed by atoms with Gasteiger partial charge in [0, 0.05) is 0 Å². The minimum Gasteiger partial charge on any atom is -0.504 e. The topological polar surface area (TPSA) is 77.3 Å². The van der Waals surface area contributed by atoms with Crippen LogP contribution in [0.4, 0.5) is 9.59 Å². The average Bonchev–Trinajstić information content (AvgIpc) is 2.29. The van der Waals surface area contributed by atoms with Gasteiger partial charge in [0.05, 0.1) is 0 Å². The van der Waals surface area contributed by atoms with Crippen molar-refractivity contribution < 1.29 is 18.8 Å². The summed E-state index contributed by atoms with van der Waals surface area (Å²) in [6, 6.07) is 6.96. The van der Waals surface area contributed by atoms with E-state index in [1.54, 1.807) is 38.2 Å². The van der Waals surface area contributed by atoms with Crippen LogP contribution in [0.25, 0.3) is 0 Å². The predicted octanol–water partition coefficient (Wildman–Crippen LogP) is 3.07. The summed E-state index contributed by atoms with van der Waals surface area (Å²) in [5, 5.41) is 6.24. The second-order valence-electron chi connectivity index (χ2n) is 3.77. The van der Waals surface area contributed by atoms with Gasteiger partial charge >= 0.3 is 12.2 Å². The molecule has 0 fully saturated rings. The molecule has 18 heavy (non-hydrogen) atoms. The highest BCUT2D eigenvalue weighted by atomic mass is 28.3. The normalized spacial score (nSPS) is 10.7. The van der Waals surface area contributed by atoms with Crippen molar-refractivity contribution in [1.29, 1.82) is 0 Å². The highest BCUT2D eigenvalue weighted by Gasteiger charge is 2.08. The first-order valence-electron chi connectivity index (χ1n) is 5.39. The highest BCUT2D eigenvalue weighted by Crippen LogP contribution is 2.16. The maximum absolute atomic E-state index is 11.3. The van der Waals surface area contributed by atoms with Crippen LogP contribution in [0, 0.1) is 6.92 Å². The Labute approximate surface area is 106 Å². The minimum absolute atomic E-state index is 0.382. The van der Waals surface area contributed by atoms with Crippen LogP contribution in [0.15, 0.2) is 34.5 Å². The van der Waals surface area contributed by atoms with Gasteiger partial charge in [0.2, 0.25) is 9.04 Å². The number of carbonyl (C=O) groups excluding carboxylic acids is 2. The number of benzene rings is 1. The highest BCUT2D eigenvalue weighted by molar-refractivity contribution is 6.50. The smallest absolute Gasteiger partial charge is 0.458 e. The summed E-state index contributed by atoms with van der Waals surface area (Å²) in [6.07, 6.45) is -1.81. The molecule has 0 aliphatic heterocycles. The van der Waals surface area contributed by atoms with E-state index in [9.17, 15) is 9.59 Å². The fourth-order valence-electron chi connectivity index (χ4n) is 1.09. The molecular formula is C11H14N2O4Si. The summed E-state index contributed by atoms with van der Waals surface area (Å²) in [4.78, 5) is 22.3. The van der Waals surface area contributed by atoms with Crippen LogP contribution in [0.3, 0.4) is 0 Å². The second kappa shape index (κ2) is 6.65. The first kappa shape index (κ1) is 14.0. The van der Waals surface area contributed by atoms with Gasteiger partial charge < -0.3 is 9.16 Å². The lowest BCUT2D eigenvalue weighted by Gasteiger charge is -2.03. The minimum atomic E-state index is -1.52. The van der Waals surface area contributed by atoms with Crippen LogP contribution in [-0.4, -0.2) is 21.2 Å². The molecule has 1 aromatic carbocycles. The summed E-state index contributed by atoms with van der Waals surface area (Å²) in [5.41, 5.74) is 0.790. The van der Waals surface area contributed by atoms with E-state index in [4.69, 9.17) is 9.16 Å². The molecule has 0 aliphatic carbocycles. The molecule has 0 atom stereocenters. The number of ether oxygens (including phenoxy) is 1. The largest absolute Gasteiger partial charge is 0.504 e. The molecule has 0 heterocycles. The quantitative estimate of drug-likeness (QED) is 0.608. The molecule has 0 unspecified atom stereocenters. The number of amides is 2. The van der Waals surface area contributed by atoms with Crippen molar-refractivity contribution >= 4 is 21.2 Å². The maximum atomic E-state index is 11.3. The summed E-state index contributed by atoms with van der Waals surface area (Å²) in [5.74, 6) is 0.382. The third-order valence-corrected chi connectivity index (χ3v) is 2.51. The number of carbonyl (C=O) groups is 2. The number of rotatable bonds is 2. The second-order valence-corrected chi connectivity index (χ2v) is 6.10. The van der Waals surface area contributed by atoms with Crippen LogP contribution in [0.1, 0.15) is 5.56 Å². The molecule has 1 rings (SSSR count). The third-order valence-electron chi connectivity index (χ3n) is 1.84. The molecular weight excluding hydrogens is 252 g/mol. The van der Waals surface area contributed by atoms with E-state index >= 15 is 0 Å². The summed E-state index contributed by atoms with van der Waals surface area (Å²) < 4.78 is 9.71. The molecule has 7 heteroatoms. The van der Waals surface area contributed by atoms with Crippen LogP contribution in [-0.2, 0) is 4.43 Å². The van der Waals surface area contributed by atoms with Gasteiger partial charge in [0.1, 0.15) is 5.75 Å². The number of nitrogens with zero attached hydrogens (tertiary/aromatic N) is 2. The standard InChI is InChI=1S/C11H14N2O4Si/c1-8-6-4-5-7-9(8)16-10(14)12-13-11(15)17-18(2)3/h4-7,18H,1-3H3. The fraction of sp³-hybridized carbons (Fsp3) is 0.273. The van der Waals surface area contributed by atoms with Gasteiger partial charge in [0.25, 0.3) is 0 Å². The van der Waals surface area contributed by atoms with Crippen molar-refractivity contribution in [2.75, 3.05) is 0 Å². The predicted molar refractivity (Wildman–Crippen MR) is 67.4 cm³/mol. The monoisotopic (exact) mass is 266 g/mol.